The van der Waals surface area contributed by atoms with Gasteiger partial charge >= 0.3 is 0 Å². The summed E-state index contributed by atoms with van der Waals surface area (Å²) in [5, 5.41) is 0. The fourth-order valence-corrected chi connectivity index (χ4v) is 6.21. The molecule has 0 aromatic heterocycles. The summed E-state index contributed by atoms with van der Waals surface area (Å²) in [4.78, 5) is 0. The van der Waals surface area contributed by atoms with Crippen LogP contribution in [0.1, 0.15) is 102 Å². The first-order chi connectivity index (χ1) is 16.2. The summed E-state index contributed by atoms with van der Waals surface area (Å²) in [6, 6.07) is 14.4. The lowest BCUT2D eigenvalue weighted by Crippen LogP contribution is -2.14. The van der Waals surface area contributed by atoms with Crippen LogP contribution in [0.15, 0.2) is 54.6 Å². The Morgan fingerprint density at radius 2 is 1.39 bits per heavy atom. The molecule has 178 valence electrons. The van der Waals surface area contributed by atoms with Crippen molar-refractivity contribution in [3.8, 4) is 11.1 Å². The van der Waals surface area contributed by atoms with E-state index in [-0.39, 0.29) is 5.82 Å². The Bertz CT molecular complexity index is 877. The lowest BCUT2D eigenvalue weighted by atomic mass is 9.77. The molecule has 0 saturated heterocycles. The second kappa shape index (κ2) is 12.0. The number of hydrogen-bond donors (Lipinski definition) is 0. The van der Waals surface area contributed by atoms with Gasteiger partial charge in [-0.2, -0.15) is 0 Å². The fraction of sp³-hybridized carbons (Fsp3) is 0.562. The molecule has 0 amide bonds. The van der Waals surface area contributed by atoms with Crippen LogP contribution in [0.25, 0.3) is 11.1 Å². The summed E-state index contributed by atoms with van der Waals surface area (Å²) < 4.78 is 14.6. The van der Waals surface area contributed by atoms with Gasteiger partial charge in [-0.25, -0.2) is 4.39 Å². The minimum absolute atomic E-state index is 0.0974. The molecule has 0 aliphatic heterocycles. The summed E-state index contributed by atoms with van der Waals surface area (Å²) in [6.45, 7) is 4.45. The third-order valence-corrected chi connectivity index (χ3v) is 8.28. The highest BCUT2D eigenvalue weighted by atomic mass is 19.1. The quantitative estimate of drug-likeness (QED) is 0.354. The van der Waals surface area contributed by atoms with Crippen molar-refractivity contribution in [3.05, 3.63) is 71.6 Å². The SMILES string of the molecule is CCCc1ccc(-c2ccc(C3CCC(/C=C/C4CCC(CCC)CC4)CC3)cc2)c(F)c1. The second-order valence-corrected chi connectivity index (χ2v) is 10.8. The number of benzene rings is 2. The summed E-state index contributed by atoms with van der Waals surface area (Å²) >= 11 is 0. The minimum Gasteiger partial charge on any atom is -0.206 e. The van der Waals surface area contributed by atoms with Crippen LogP contribution in [0.5, 0.6) is 0 Å². The smallest absolute Gasteiger partial charge is 0.131 e. The van der Waals surface area contributed by atoms with Gasteiger partial charge in [-0.05, 0) is 104 Å². The molecule has 0 N–H and O–H groups in total. The Kier molecular flexibility index (Phi) is 8.82. The van der Waals surface area contributed by atoms with Crippen LogP contribution in [-0.2, 0) is 6.42 Å². The maximum Gasteiger partial charge on any atom is 0.131 e. The molecule has 0 heterocycles. The van der Waals surface area contributed by atoms with Gasteiger partial charge in [-0.1, -0.05) is 81.7 Å². The van der Waals surface area contributed by atoms with E-state index in [1.807, 2.05) is 6.07 Å². The van der Waals surface area contributed by atoms with Gasteiger partial charge in [0.25, 0.3) is 0 Å². The van der Waals surface area contributed by atoms with Gasteiger partial charge in [-0.15, -0.1) is 0 Å². The van der Waals surface area contributed by atoms with Gasteiger partial charge < -0.3 is 0 Å². The summed E-state index contributed by atoms with van der Waals surface area (Å²) in [5.74, 6) is 3.16. The van der Waals surface area contributed by atoms with Gasteiger partial charge in [0.2, 0.25) is 0 Å². The standard InChI is InChI=1S/C32H43F/c1-3-5-24-7-9-25(10-8-24)11-12-26-13-16-28(17-14-26)29-18-20-30(21-19-29)31-22-15-27(6-4-2)23-32(31)33/h11-12,15,18-26,28H,3-10,13-14,16-17H2,1-2H3/b12-11+. The highest BCUT2D eigenvalue weighted by Gasteiger charge is 2.22. The van der Waals surface area contributed by atoms with E-state index in [1.54, 1.807) is 6.07 Å². The van der Waals surface area contributed by atoms with Crippen molar-refractivity contribution in [1.29, 1.82) is 0 Å². The van der Waals surface area contributed by atoms with E-state index in [4.69, 9.17) is 0 Å². The van der Waals surface area contributed by atoms with Gasteiger partial charge in [-0.3, -0.25) is 0 Å². The molecule has 0 unspecified atom stereocenters. The monoisotopic (exact) mass is 446 g/mol. The van der Waals surface area contributed by atoms with Crippen LogP contribution >= 0.6 is 0 Å². The molecule has 2 aromatic rings. The fourth-order valence-electron chi connectivity index (χ4n) is 6.21. The van der Waals surface area contributed by atoms with Crippen LogP contribution in [0.3, 0.4) is 0 Å². The molecule has 33 heavy (non-hydrogen) atoms. The first-order valence-corrected chi connectivity index (χ1v) is 13.7. The molecule has 2 aliphatic rings. The zero-order chi connectivity index (χ0) is 23.0. The second-order valence-electron chi connectivity index (χ2n) is 10.8. The maximum atomic E-state index is 14.6. The van der Waals surface area contributed by atoms with Crippen LogP contribution in [0.2, 0.25) is 0 Å². The molecule has 0 nitrogen and oxygen atoms in total. The minimum atomic E-state index is -0.0974. The maximum absolute atomic E-state index is 14.6. The highest BCUT2D eigenvalue weighted by Crippen LogP contribution is 2.38. The first-order valence-electron chi connectivity index (χ1n) is 13.7. The highest BCUT2D eigenvalue weighted by molar-refractivity contribution is 5.65. The van der Waals surface area contributed by atoms with Crippen molar-refractivity contribution in [2.24, 2.45) is 17.8 Å². The van der Waals surface area contributed by atoms with Crippen LogP contribution in [0.4, 0.5) is 4.39 Å². The van der Waals surface area contributed by atoms with E-state index in [2.05, 4.69) is 56.3 Å². The Morgan fingerprint density at radius 1 is 0.758 bits per heavy atom. The van der Waals surface area contributed by atoms with Crippen molar-refractivity contribution in [2.75, 3.05) is 0 Å². The normalized spacial score (nSPS) is 26.0. The lowest BCUT2D eigenvalue weighted by Gasteiger charge is -2.29. The largest absolute Gasteiger partial charge is 0.206 e. The van der Waals surface area contributed by atoms with Crippen LogP contribution in [-0.4, -0.2) is 0 Å². The van der Waals surface area contributed by atoms with Gasteiger partial charge in [0, 0.05) is 5.56 Å². The van der Waals surface area contributed by atoms with Crippen molar-refractivity contribution in [2.45, 2.75) is 96.8 Å². The van der Waals surface area contributed by atoms with Crippen molar-refractivity contribution in [3.63, 3.8) is 0 Å². The summed E-state index contributed by atoms with van der Waals surface area (Å²) in [6.07, 6.45) is 20.8. The lowest BCUT2D eigenvalue weighted by molar-refractivity contribution is 0.292. The zero-order valence-corrected chi connectivity index (χ0v) is 20.9. The van der Waals surface area contributed by atoms with E-state index < -0.39 is 0 Å². The molecule has 1 heteroatoms. The predicted octanol–water partition coefficient (Wildman–Crippen LogP) is 9.88. The van der Waals surface area contributed by atoms with E-state index in [9.17, 15) is 4.39 Å². The average Bonchev–Trinajstić information content (AvgIpc) is 2.85. The molecule has 0 atom stereocenters. The Hall–Kier alpha value is -1.89. The molecule has 2 saturated carbocycles. The molecule has 2 aromatic carbocycles. The van der Waals surface area contributed by atoms with Gasteiger partial charge in [0.05, 0.1) is 0 Å². The third kappa shape index (κ3) is 6.58. The average molecular weight is 447 g/mol. The Morgan fingerprint density at radius 3 is 1.97 bits per heavy atom. The molecule has 0 spiro atoms. The van der Waals surface area contributed by atoms with Crippen molar-refractivity contribution < 1.29 is 4.39 Å². The summed E-state index contributed by atoms with van der Waals surface area (Å²) in [5.41, 5.74) is 4.23. The van der Waals surface area contributed by atoms with E-state index in [0.717, 1.165) is 47.3 Å². The molecule has 0 bridgehead atoms. The van der Waals surface area contributed by atoms with E-state index >= 15 is 0 Å². The van der Waals surface area contributed by atoms with Crippen LogP contribution < -0.4 is 0 Å². The molecular formula is C32H43F. The Balaban J connectivity index is 1.27. The number of aryl methyl sites for hydroxylation is 1. The van der Waals surface area contributed by atoms with Gasteiger partial charge in [0.1, 0.15) is 5.82 Å². The van der Waals surface area contributed by atoms with Crippen molar-refractivity contribution in [1.82, 2.24) is 0 Å². The number of hydrogen-bond acceptors (Lipinski definition) is 0. The molecule has 2 fully saturated rings. The molecule has 4 rings (SSSR count). The first kappa shape index (κ1) is 24.2. The molecular weight excluding hydrogens is 403 g/mol. The Labute approximate surface area is 201 Å². The topological polar surface area (TPSA) is 0 Å². The predicted molar refractivity (Wildman–Crippen MR) is 140 cm³/mol. The van der Waals surface area contributed by atoms with E-state index in [0.29, 0.717) is 5.92 Å². The number of allylic oxidation sites excluding steroid dienone is 2. The van der Waals surface area contributed by atoms with Crippen molar-refractivity contribution >= 4 is 0 Å². The van der Waals surface area contributed by atoms with E-state index in [1.165, 1.54) is 69.8 Å². The van der Waals surface area contributed by atoms with Gasteiger partial charge in [0.15, 0.2) is 0 Å². The number of rotatable bonds is 8. The van der Waals surface area contributed by atoms with Crippen LogP contribution in [0, 0.1) is 23.6 Å². The summed E-state index contributed by atoms with van der Waals surface area (Å²) in [7, 11) is 0. The molecule has 0 radical (unpaired) electrons. The number of halogens is 1. The zero-order valence-electron chi connectivity index (χ0n) is 20.9. The third-order valence-electron chi connectivity index (χ3n) is 8.28. The molecule has 2 aliphatic carbocycles.